The number of carbonyl (C=O) groups is 1. The van der Waals surface area contributed by atoms with Crippen LogP contribution >= 0.6 is 11.8 Å². The largest absolute Gasteiger partial charge is 0.383 e. The molecular formula is C23H38N4O2S. The summed E-state index contributed by atoms with van der Waals surface area (Å²) in [5.41, 5.74) is 2.44. The van der Waals surface area contributed by atoms with Gasteiger partial charge in [-0.25, -0.2) is 0 Å². The minimum absolute atomic E-state index is 0.00800. The van der Waals surface area contributed by atoms with Crippen molar-refractivity contribution in [3.05, 3.63) is 11.3 Å². The molecule has 0 spiro atoms. The van der Waals surface area contributed by atoms with Crippen molar-refractivity contribution in [1.29, 1.82) is 0 Å². The van der Waals surface area contributed by atoms with Gasteiger partial charge in [0.15, 0.2) is 0 Å². The molecule has 0 aromatic carbocycles. The maximum Gasteiger partial charge on any atom is 0.234 e. The highest BCUT2D eigenvalue weighted by atomic mass is 32.2. The third-order valence-electron chi connectivity index (χ3n) is 7.33. The zero-order valence-corrected chi connectivity index (χ0v) is 19.7. The summed E-state index contributed by atoms with van der Waals surface area (Å²) in [6, 6.07) is 1.47. The Morgan fingerprint density at radius 2 is 1.93 bits per heavy atom. The van der Waals surface area contributed by atoms with E-state index in [0.29, 0.717) is 18.1 Å². The second-order valence-corrected chi connectivity index (χ2v) is 10.6. The van der Waals surface area contributed by atoms with E-state index in [4.69, 9.17) is 9.84 Å². The molecular weight excluding hydrogens is 396 g/mol. The summed E-state index contributed by atoms with van der Waals surface area (Å²) in [6.07, 6.45) is 11.7. The van der Waals surface area contributed by atoms with E-state index in [1.807, 2.05) is 0 Å². The molecule has 30 heavy (non-hydrogen) atoms. The van der Waals surface area contributed by atoms with E-state index in [2.05, 4.69) is 28.9 Å². The number of aromatic nitrogens is 2. The topological polar surface area (TPSA) is 59.4 Å². The average Bonchev–Trinajstić information content (AvgIpc) is 3.34. The fourth-order valence-electron chi connectivity index (χ4n) is 5.37. The van der Waals surface area contributed by atoms with Gasteiger partial charge in [-0.3, -0.25) is 9.48 Å². The maximum atomic E-state index is 13.0. The second-order valence-electron chi connectivity index (χ2n) is 9.40. The maximum absolute atomic E-state index is 13.0. The Hall–Kier alpha value is -1.05. The number of likely N-dealkylation sites (N-methyl/N-ethyl adjacent to an activating group) is 1. The third kappa shape index (κ3) is 4.89. The van der Waals surface area contributed by atoms with Crippen molar-refractivity contribution in [3.63, 3.8) is 0 Å². The number of hydrogen-bond acceptors (Lipinski definition) is 5. The van der Waals surface area contributed by atoms with E-state index < -0.39 is 0 Å². The number of fused-ring (bicyclic) bond motifs is 1. The van der Waals surface area contributed by atoms with Gasteiger partial charge in [-0.1, -0.05) is 31.0 Å². The van der Waals surface area contributed by atoms with Crippen LogP contribution in [0, 0.1) is 6.92 Å². The van der Waals surface area contributed by atoms with E-state index in [9.17, 15) is 4.79 Å². The van der Waals surface area contributed by atoms with Crippen LogP contribution in [0.1, 0.15) is 75.1 Å². The predicted octanol–water partition coefficient (Wildman–Crippen LogP) is 3.72. The van der Waals surface area contributed by atoms with E-state index in [0.717, 1.165) is 50.9 Å². The van der Waals surface area contributed by atoms with Gasteiger partial charge in [0, 0.05) is 31.3 Å². The Bertz CT molecular complexity index is 723. The molecule has 2 saturated carbocycles. The molecule has 1 aromatic rings. The van der Waals surface area contributed by atoms with Crippen LogP contribution < -0.4 is 5.32 Å². The van der Waals surface area contributed by atoms with Crippen molar-refractivity contribution >= 4 is 17.7 Å². The first kappa shape index (κ1) is 22.2. The summed E-state index contributed by atoms with van der Waals surface area (Å²) in [6.45, 7) is 3.87. The number of hydrogen-bond donors (Lipinski definition) is 1. The van der Waals surface area contributed by atoms with Gasteiger partial charge in [-0.05, 0) is 58.9 Å². The van der Waals surface area contributed by atoms with Crippen molar-refractivity contribution in [3.8, 4) is 0 Å². The van der Waals surface area contributed by atoms with Crippen LogP contribution in [0.5, 0.6) is 0 Å². The Labute approximate surface area is 185 Å². The van der Waals surface area contributed by atoms with E-state index in [1.165, 1.54) is 42.7 Å². The summed E-state index contributed by atoms with van der Waals surface area (Å²) < 4.78 is 7.47. The van der Waals surface area contributed by atoms with Crippen molar-refractivity contribution in [2.75, 3.05) is 27.3 Å². The number of rotatable bonds is 7. The lowest BCUT2D eigenvalue weighted by Gasteiger charge is -2.35. The fourth-order valence-corrected chi connectivity index (χ4v) is 6.74. The Kier molecular flexibility index (Phi) is 7.42. The van der Waals surface area contributed by atoms with Crippen LogP contribution in [-0.4, -0.2) is 65.2 Å². The quantitative estimate of drug-likeness (QED) is 0.709. The molecule has 1 unspecified atom stereocenters. The molecule has 0 saturated heterocycles. The standard InChI is InChI=1S/C23H38N4O2S/c1-16-20-15-21(30-23(20)27(25-16)19-7-5-4-6-8-19)22(28)24-17-9-11-18(12-10-17)26(2)13-14-29-3/h17-19,21H,4-15H2,1-3H3,(H,24,28). The normalized spacial score (nSPS) is 27.4. The van der Waals surface area contributed by atoms with Crippen LogP contribution in [0.3, 0.4) is 0 Å². The predicted molar refractivity (Wildman–Crippen MR) is 121 cm³/mol. The van der Waals surface area contributed by atoms with Gasteiger partial charge in [0.25, 0.3) is 0 Å². The van der Waals surface area contributed by atoms with Gasteiger partial charge < -0.3 is 15.0 Å². The highest BCUT2D eigenvalue weighted by Gasteiger charge is 2.36. The monoisotopic (exact) mass is 434 g/mol. The van der Waals surface area contributed by atoms with Crippen LogP contribution in [0.25, 0.3) is 0 Å². The first-order valence-electron chi connectivity index (χ1n) is 11.8. The first-order chi connectivity index (χ1) is 14.6. The minimum atomic E-state index is 0.00800. The molecule has 168 valence electrons. The molecule has 0 radical (unpaired) electrons. The van der Waals surface area contributed by atoms with Gasteiger partial charge in [0.2, 0.25) is 5.91 Å². The molecule has 4 rings (SSSR count). The zero-order chi connectivity index (χ0) is 21.1. The van der Waals surface area contributed by atoms with Gasteiger partial charge in [0.1, 0.15) is 0 Å². The van der Waals surface area contributed by atoms with Crippen LogP contribution in [0.2, 0.25) is 0 Å². The summed E-state index contributed by atoms with van der Waals surface area (Å²) >= 11 is 1.75. The number of amides is 1. The van der Waals surface area contributed by atoms with Crippen molar-refractivity contribution in [1.82, 2.24) is 20.0 Å². The molecule has 7 heteroatoms. The van der Waals surface area contributed by atoms with Gasteiger partial charge in [-0.15, -0.1) is 0 Å². The lowest BCUT2D eigenvalue weighted by Crippen LogP contribution is -2.45. The average molecular weight is 435 g/mol. The zero-order valence-electron chi connectivity index (χ0n) is 18.9. The van der Waals surface area contributed by atoms with Gasteiger partial charge in [0.05, 0.1) is 28.6 Å². The van der Waals surface area contributed by atoms with E-state index in [-0.39, 0.29) is 11.2 Å². The van der Waals surface area contributed by atoms with Crippen molar-refractivity contribution in [2.24, 2.45) is 0 Å². The smallest absolute Gasteiger partial charge is 0.234 e. The summed E-state index contributed by atoms with van der Waals surface area (Å²) in [5.74, 6) is 0.224. The van der Waals surface area contributed by atoms with Crippen LogP contribution in [0.4, 0.5) is 0 Å². The SMILES string of the molecule is COCCN(C)C1CCC(NC(=O)C2Cc3c(C)nn(C4CCCCC4)c3S2)CC1. The summed E-state index contributed by atoms with van der Waals surface area (Å²) in [4.78, 5) is 15.5. The number of nitrogens with zero attached hydrogens (tertiary/aromatic N) is 3. The Balaban J connectivity index is 1.29. The highest BCUT2D eigenvalue weighted by molar-refractivity contribution is 8.00. The highest BCUT2D eigenvalue weighted by Crippen LogP contribution is 2.42. The van der Waals surface area contributed by atoms with Gasteiger partial charge >= 0.3 is 0 Å². The number of methoxy groups -OCH3 is 1. The molecule has 1 amide bonds. The molecule has 2 aliphatic carbocycles. The van der Waals surface area contributed by atoms with Crippen molar-refractivity contribution < 1.29 is 9.53 Å². The Morgan fingerprint density at radius 3 is 2.63 bits per heavy atom. The summed E-state index contributed by atoms with van der Waals surface area (Å²) in [7, 11) is 3.95. The number of aryl methyl sites for hydroxylation is 1. The van der Waals surface area contributed by atoms with E-state index in [1.54, 1.807) is 18.9 Å². The fraction of sp³-hybridized carbons (Fsp3) is 0.826. The molecule has 2 fully saturated rings. The number of nitrogens with one attached hydrogen (secondary N) is 1. The molecule has 1 atom stereocenters. The molecule has 1 aromatic heterocycles. The lowest BCUT2D eigenvalue weighted by atomic mass is 9.90. The molecule has 0 bridgehead atoms. The molecule has 2 heterocycles. The van der Waals surface area contributed by atoms with Crippen LogP contribution in [0.15, 0.2) is 5.03 Å². The summed E-state index contributed by atoms with van der Waals surface area (Å²) in [5, 5.41) is 9.51. The molecule has 6 nitrogen and oxygen atoms in total. The molecule has 1 aliphatic heterocycles. The lowest BCUT2D eigenvalue weighted by molar-refractivity contribution is -0.121. The minimum Gasteiger partial charge on any atom is -0.383 e. The number of carbonyl (C=O) groups excluding carboxylic acids is 1. The van der Waals surface area contributed by atoms with E-state index >= 15 is 0 Å². The third-order valence-corrected chi connectivity index (χ3v) is 8.65. The number of thioether (sulfide) groups is 1. The Morgan fingerprint density at radius 1 is 1.20 bits per heavy atom. The second kappa shape index (κ2) is 10.0. The van der Waals surface area contributed by atoms with Crippen LogP contribution in [-0.2, 0) is 16.0 Å². The number of ether oxygens (including phenoxy) is 1. The van der Waals surface area contributed by atoms with Gasteiger partial charge in [-0.2, -0.15) is 5.10 Å². The molecule has 3 aliphatic rings. The molecule has 1 N–H and O–H groups in total. The van der Waals surface area contributed by atoms with Crippen molar-refractivity contribution in [2.45, 2.75) is 99.5 Å². The first-order valence-corrected chi connectivity index (χ1v) is 12.7.